The largest absolute Gasteiger partial charge is 0.469 e. The average molecular weight is 261 g/mol. The number of hydrogen-bond acceptors (Lipinski definition) is 4. The molecule has 7 heteroatoms. The standard InChI is InChI=1S/C10H7ClF2N2O2/c1-17-8(16)3-6-9(11)5(4-14)2-7(15-6)10(12)13/h2,10H,3H2,1H3. The molecule has 1 aromatic heterocycles. The Morgan fingerprint density at radius 3 is 2.82 bits per heavy atom. The fraction of sp³-hybridized carbons (Fsp3) is 0.300. The Balaban J connectivity index is 3.24. The van der Waals surface area contributed by atoms with Crippen molar-refractivity contribution in [2.24, 2.45) is 0 Å². The van der Waals surface area contributed by atoms with Crippen LogP contribution in [0, 0.1) is 11.3 Å². The van der Waals surface area contributed by atoms with Gasteiger partial charge in [0.1, 0.15) is 11.8 Å². The summed E-state index contributed by atoms with van der Waals surface area (Å²) in [6.07, 6.45) is -3.19. The molecule has 0 aliphatic carbocycles. The third-order valence-electron chi connectivity index (χ3n) is 1.93. The molecule has 1 heterocycles. The number of aromatic nitrogens is 1. The van der Waals surface area contributed by atoms with Gasteiger partial charge in [0.2, 0.25) is 0 Å². The quantitative estimate of drug-likeness (QED) is 0.782. The lowest BCUT2D eigenvalue weighted by molar-refractivity contribution is -0.139. The zero-order valence-corrected chi connectivity index (χ0v) is 9.46. The van der Waals surface area contributed by atoms with Crippen LogP contribution in [-0.2, 0) is 16.0 Å². The first-order chi connectivity index (χ1) is 7.99. The Morgan fingerprint density at radius 1 is 1.71 bits per heavy atom. The van der Waals surface area contributed by atoms with Gasteiger partial charge in [-0.25, -0.2) is 13.8 Å². The van der Waals surface area contributed by atoms with Crippen molar-refractivity contribution in [1.82, 2.24) is 4.98 Å². The average Bonchev–Trinajstić information content (AvgIpc) is 2.31. The highest BCUT2D eigenvalue weighted by Gasteiger charge is 2.18. The summed E-state index contributed by atoms with van der Waals surface area (Å²) in [4.78, 5) is 14.6. The fourth-order valence-electron chi connectivity index (χ4n) is 1.12. The minimum Gasteiger partial charge on any atom is -0.469 e. The SMILES string of the molecule is COC(=O)Cc1nc(C(F)F)cc(C#N)c1Cl. The number of carbonyl (C=O) groups is 1. The van der Waals surface area contributed by atoms with Gasteiger partial charge < -0.3 is 4.74 Å². The third-order valence-corrected chi connectivity index (χ3v) is 2.35. The molecule has 90 valence electrons. The molecule has 0 aliphatic heterocycles. The lowest BCUT2D eigenvalue weighted by Gasteiger charge is -2.07. The third kappa shape index (κ3) is 3.11. The van der Waals surface area contributed by atoms with Crippen LogP contribution in [0.1, 0.15) is 23.4 Å². The molecular weight excluding hydrogens is 254 g/mol. The van der Waals surface area contributed by atoms with Crippen molar-refractivity contribution in [2.45, 2.75) is 12.8 Å². The maximum atomic E-state index is 12.5. The molecule has 0 bridgehead atoms. The number of carbonyl (C=O) groups excluding carboxylic acids is 1. The van der Waals surface area contributed by atoms with Crippen LogP contribution in [0.25, 0.3) is 0 Å². The van der Waals surface area contributed by atoms with Crippen molar-refractivity contribution in [3.8, 4) is 6.07 Å². The second-order valence-electron chi connectivity index (χ2n) is 3.02. The topological polar surface area (TPSA) is 63.0 Å². The summed E-state index contributed by atoms with van der Waals surface area (Å²) in [5, 5.41) is 8.61. The first-order valence-corrected chi connectivity index (χ1v) is 4.81. The lowest BCUT2D eigenvalue weighted by atomic mass is 10.1. The van der Waals surface area contributed by atoms with Crippen molar-refractivity contribution in [2.75, 3.05) is 7.11 Å². The van der Waals surface area contributed by atoms with Crippen molar-refractivity contribution in [1.29, 1.82) is 5.26 Å². The number of pyridine rings is 1. The van der Waals surface area contributed by atoms with E-state index in [2.05, 4.69) is 9.72 Å². The Labute approximate surface area is 101 Å². The molecule has 1 rings (SSSR count). The molecule has 0 saturated heterocycles. The Kier molecular flexibility index (Phi) is 4.35. The first-order valence-electron chi connectivity index (χ1n) is 4.44. The predicted molar refractivity (Wildman–Crippen MR) is 54.6 cm³/mol. The van der Waals surface area contributed by atoms with Crippen LogP contribution < -0.4 is 0 Å². The predicted octanol–water partition coefficient (Wildman–Crippen LogP) is 2.26. The summed E-state index contributed by atoms with van der Waals surface area (Å²) in [7, 11) is 1.15. The zero-order chi connectivity index (χ0) is 13.0. The van der Waals surface area contributed by atoms with Crippen LogP contribution in [0.4, 0.5) is 8.78 Å². The molecule has 1 aromatic rings. The molecule has 0 fully saturated rings. The van der Waals surface area contributed by atoms with E-state index < -0.39 is 18.1 Å². The highest BCUT2D eigenvalue weighted by Crippen LogP contribution is 2.25. The Hall–Kier alpha value is -1.74. The summed E-state index contributed by atoms with van der Waals surface area (Å²) in [6.45, 7) is 0. The number of hydrogen-bond donors (Lipinski definition) is 0. The molecule has 4 nitrogen and oxygen atoms in total. The minimum atomic E-state index is -2.84. The van der Waals surface area contributed by atoms with Gasteiger partial charge in [-0.3, -0.25) is 4.79 Å². The van der Waals surface area contributed by atoms with Gasteiger partial charge in [-0.2, -0.15) is 5.26 Å². The lowest BCUT2D eigenvalue weighted by Crippen LogP contribution is -2.09. The fourth-order valence-corrected chi connectivity index (χ4v) is 1.33. The van der Waals surface area contributed by atoms with E-state index in [9.17, 15) is 13.6 Å². The zero-order valence-electron chi connectivity index (χ0n) is 8.71. The van der Waals surface area contributed by atoms with Crippen molar-refractivity contribution >= 4 is 17.6 Å². The van der Waals surface area contributed by atoms with Crippen LogP contribution in [0.2, 0.25) is 5.02 Å². The van der Waals surface area contributed by atoms with Gasteiger partial charge in [0.05, 0.1) is 29.8 Å². The van der Waals surface area contributed by atoms with E-state index in [-0.39, 0.29) is 22.7 Å². The second kappa shape index (κ2) is 5.55. The molecule has 0 saturated carbocycles. The van der Waals surface area contributed by atoms with Crippen LogP contribution in [-0.4, -0.2) is 18.1 Å². The van der Waals surface area contributed by atoms with E-state index >= 15 is 0 Å². The molecule has 0 spiro atoms. The van der Waals surface area contributed by atoms with Crippen molar-refractivity contribution < 1.29 is 18.3 Å². The van der Waals surface area contributed by atoms with Crippen LogP contribution in [0.5, 0.6) is 0 Å². The van der Waals surface area contributed by atoms with E-state index in [4.69, 9.17) is 16.9 Å². The number of ether oxygens (including phenoxy) is 1. The van der Waals surface area contributed by atoms with Gasteiger partial charge in [-0.05, 0) is 6.07 Å². The number of nitrogens with zero attached hydrogens (tertiary/aromatic N) is 2. The molecule has 0 amide bonds. The molecule has 0 N–H and O–H groups in total. The molecule has 0 atom stereocenters. The normalized spacial score (nSPS) is 10.1. The van der Waals surface area contributed by atoms with Gasteiger partial charge in [-0.1, -0.05) is 11.6 Å². The summed E-state index contributed by atoms with van der Waals surface area (Å²) in [6, 6.07) is 2.56. The molecule has 0 unspecified atom stereocenters. The molecule has 17 heavy (non-hydrogen) atoms. The highest BCUT2D eigenvalue weighted by atomic mass is 35.5. The van der Waals surface area contributed by atoms with Crippen LogP contribution >= 0.6 is 11.6 Å². The maximum Gasteiger partial charge on any atom is 0.311 e. The summed E-state index contributed by atoms with van der Waals surface area (Å²) >= 11 is 5.75. The van der Waals surface area contributed by atoms with Gasteiger partial charge in [-0.15, -0.1) is 0 Å². The monoisotopic (exact) mass is 260 g/mol. The minimum absolute atomic E-state index is 0.0899. The van der Waals surface area contributed by atoms with Gasteiger partial charge in [0, 0.05) is 0 Å². The van der Waals surface area contributed by atoms with Gasteiger partial charge in [0.15, 0.2) is 0 Å². The number of nitriles is 1. The Morgan fingerprint density at radius 2 is 2.35 bits per heavy atom. The van der Waals surface area contributed by atoms with Crippen LogP contribution in [0.15, 0.2) is 6.07 Å². The molecule has 0 aromatic carbocycles. The summed E-state index contributed by atoms with van der Waals surface area (Å²) < 4.78 is 29.3. The maximum absolute atomic E-state index is 12.5. The van der Waals surface area contributed by atoms with Gasteiger partial charge in [0.25, 0.3) is 6.43 Å². The molecule has 0 radical (unpaired) electrons. The van der Waals surface area contributed by atoms with E-state index in [1.54, 1.807) is 6.07 Å². The number of methoxy groups -OCH3 is 1. The molecule has 0 aliphatic rings. The van der Waals surface area contributed by atoms with Crippen molar-refractivity contribution in [3.63, 3.8) is 0 Å². The number of alkyl halides is 2. The first kappa shape index (κ1) is 13.3. The van der Waals surface area contributed by atoms with Gasteiger partial charge >= 0.3 is 5.97 Å². The second-order valence-corrected chi connectivity index (χ2v) is 3.40. The smallest absolute Gasteiger partial charge is 0.311 e. The number of halogens is 3. The summed E-state index contributed by atoms with van der Waals surface area (Å²) in [5.74, 6) is -0.672. The van der Waals surface area contributed by atoms with E-state index in [0.717, 1.165) is 13.2 Å². The van der Waals surface area contributed by atoms with E-state index in [1.807, 2.05) is 0 Å². The van der Waals surface area contributed by atoms with E-state index in [0.29, 0.717) is 0 Å². The highest BCUT2D eigenvalue weighted by molar-refractivity contribution is 6.32. The number of esters is 1. The summed E-state index contributed by atoms with van der Waals surface area (Å²) in [5.41, 5.74) is -0.825. The van der Waals surface area contributed by atoms with E-state index in [1.165, 1.54) is 0 Å². The number of rotatable bonds is 3. The Bertz CT molecular complexity index is 486. The van der Waals surface area contributed by atoms with Crippen LogP contribution in [0.3, 0.4) is 0 Å². The van der Waals surface area contributed by atoms with Crippen molar-refractivity contribution in [3.05, 3.63) is 28.0 Å². The molecular formula is C10H7ClF2N2O2.